The minimum atomic E-state index is -0.340. The summed E-state index contributed by atoms with van der Waals surface area (Å²) in [7, 11) is 0. The molecule has 0 unspecified atom stereocenters. The van der Waals surface area contributed by atoms with Crippen LogP contribution in [0.3, 0.4) is 0 Å². The van der Waals surface area contributed by atoms with E-state index in [1.807, 2.05) is 44.2 Å². The highest BCUT2D eigenvalue weighted by Crippen LogP contribution is 2.15. The number of benzene rings is 1. The van der Waals surface area contributed by atoms with E-state index in [9.17, 15) is 9.59 Å². The number of hydrogen-bond acceptors (Lipinski definition) is 2. The summed E-state index contributed by atoms with van der Waals surface area (Å²) >= 11 is 0. The molecule has 0 atom stereocenters. The first kappa shape index (κ1) is 12.2. The second-order valence-electron chi connectivity index (χ2n) is 3.09. The van der Waals surface area contributed by atoms with Crippen LogP contribution in [0.5, 0.6) is 0 Å². The normalized spacial score (nSPS) is 15.0. The zero-order valence-corrected chi connectivity index (χ0v) is 9.56. The lowest BCUT2D eigenvalue weighted by atomic mass is 10.2. The Morgan fingerprint density at radius 1 is 1.12 bits per heavy atom. The highest BCUT2D eigenvalue weighted by molar-refractivity contribution is 6.05. The summed E-state index contributed by atoms with van der Waals surface area (Å²) in [5.41, 5.74) is 0.817. The van der Waals surface area contributed by atoms with E-state index in [-0.39, 0.29) is 11.9 Å². The summed E-state index contributed by atoms with van der Waals surface area (Å²) < 4.78 is 0. The van der Waals surface area contributed by atoms with E-state index in [0.29, 0.717) is 13.0 Å². The van der Waals surface area contributed by atoms with E-state index in [0.717, 1.165) is 5.69 Å². The number of amides is 3. The number of urea groups is 1. The van der Waals surface area contributed by atoms with Gasteiger partial charge in [-0.1, -0.05) is 32.0 Å². The number of imide groups is 1. The largest absolute Gasteiger partial charge is 0.328 e. The van der Waals surface area contributed by atoms with Crippen molar-refractivity contribution >= 4 is 17.6 Å². The molecule has 16 heavy (non-hydrogen) atoms. The van der Waals surface area contributed by atoms with Gasteiger partial charge in [-0.25, -0.2) is 4.79 Å². The third-order valence-corrected chi connectivity index (χ3v) is 2.12. The molecule has 0 spiro atoms. The van der Waals surface area contributed by atoms with Gasteiger partial charge in [0.05, 0.1) is 0 Å². The molecule has 1 fully saturated rings. The van der Waals surface area contributed by atoms with Gasteiger partial charge in [0.1, 0.15) is 0 Å². The molecule has 1 aromatic carbocycles. The van der Waals surface area contributed by atoms with Crippen LogP contribution in [0.1, 0.15) is 20.3 Å². The molecular weight excluding hydrogens is 204 g/mol. The minimum absolute atomic E-state index is 0.206. The van der Waals surface area contributed by atoms with E-state index < -0.39 is 0 Å². The molecule has 0 radical (unpaired) electrons. The lowest BCUT2D eigenvalue weighted by Crippen LogP contribution is -2.49. The molecular formula is C12H16N2O2. The second kappa shape index (κ2) is 5.90. The number of rotatable bonds is 1. The molecule has 4 nitrogen and oxygen atoms in total. The Labute approximate surface area is 95.3 Å². The quantitative estimate of drug-likeness (QED) is 0.788. The Balaban J connectivity index is 0.000000606. The number of anilines is 1. The van der Waals surface area contributed by atoms with Crippen molar-refractivity contribution in [1.82, 2.24) is 5.32 Å². The fraction of sp³-hybridized carbons (Fsp3) is 0.333. The van der Waals surface area contributed by atoms with Crippen LogP contribution in [-0.2, 0) is 4.79 Å². The molecule has 0 saturated carbocycles. The Hall–Kier alpha value is -1.84. The highest BCUT2D eigenvalue weighted by Gasteiger charge is 2.23. The Morgan fingerprint density at radius 3 is 2.31 bits per heavy atom. The Morgan fingerprint density at radius 2 is 1.75 bits per heavy atom. The van der Waals surface area contributed by atoms with E-state index in [1.54, 1.807) is 4.90 Å². The lowest BCUT2D eigenvalue weighted by Gasteiger charge is -2.26. The number of carbonyl (C=O) groups excluding carboxylic acids is 2. The molecule has 1 N–H and O–H groups in total. The molecule has 0 aromatic heterocycles. The van der Waals surface area contributed by atoms with Gasteiger partial charge in [-0.15, -0.1) is 0 Å². The summed E-state index contributed by atoms with van der Waals surface area (Å²) in [4.78, 5) is 23.8. The zero-order chi connectivity index (χ0) is 12.0. The fourth-order valence-corrected chi connectivity index (χ4v) is 1.42. The number of nitrogens with zero attached hydrogens (tertiary/aromatic N) is 1. The van der Waals surface area contributed by atoms with Crippen LogP contribution < -0.4 is 10.2 Å². The van der Waals surface area contributed by atoms with Crippen LogP contribution in [0.15, 0.2) is 30.3 Å². The van der Waals surface area contributed by atoms with Gasteiger partial charge in [0.15, 0.2) is 0 Å². The lowest BCUT2D eigenvalue weighted by molar-refractivity contribution is -0.120. The maximum absolute atomic E-state index is 11.4. The maximum atomic E-state index is 11.4. The van der Waals surface area contributed by atoms with E-state index >= 15 is 0 Å². The van der Waals surface area contributed by atoms with Gasteiger partial charge < -0.3 is 0 Å². The third-order valence-electron chi connectivity index (χ3n) is 2.12. The predicted molar refractivity (Wildman–Crippen MR) is 63.3 cm³/mol. The number of para-hydroxylation sites is 1. The second-order valence-corrected chi connectivity index (χ2v) is 3.09. The molecule has 2 rings (SSSR count). The highest BCUT2D eigenvalue weighted by atomic mass is 16.2. The molecule has 3 amide bonds. The number of hydrogen-bond donors (Lipinski definition) is 1. The first-order valence-electron chi connectivity index (χ1n) is 5.44. The third kappa shape index (κ3) is 2.82. The Kier molecular flexibility index (Phi) is 4.51. The van der Waals surface area contributed by atoms with Crippen molar-refractivity contribution in [2.24, 2.45) is 0 Å². The van der Waals surface area contributed by atoms with Crippen LogP contribution in [0.2, 0.25) is 0 Å². The standard InChI is InChI=1S/C10H10N2O2.C2H6/c13-9-6-7-12(10(14)11-9)8-4-2-1-3-5-8;1-2/h1-5H,6-7H2,(H,11,13,14);1-2H3. The minimum Gasteiger partial charge on any atom is -0.294 e. The van der Waals surface area contributed by atoms with E-state index in [1.165, 1.54) is 0 Å². The van der Waals surface area contributed by atoms with Crippen molar-refractivity contribution in [3.05, 3.63) is 30.3 Å². The summed E-state index contributed by atoms with van der Waals surface area (Å²) in [6.45, 7) is 4.45. The summed E-state index contributed by atoms with van der Waals surface area (Å²) in [5.74, 6) is -0.206. The molecule has 1 heterocycles. The molecule has 0 bridgehead atoms. The smallest absolute Gasteiger partial charge is 0.294 e. The van der Waals surface area contributed by atoms with Crippen molar-refractivity contribution in [3.63, 3.8) is 0 Å². The first-order valence-corrected chi connectivity index (χ1v) is 5.44. The maximum Gasteiger partial charge on any atom is 0.328 e. The Bertz CT molecular complexity index is 363. The molecule has 0 aliphatic carbocycles. The van der Waals surface area contributed by atoms with Crippen LogP contribution >= 0.6 is 0 Å². The molecule has 1 saturated heterocycles. The molecule has 4 heteroatoms. The first-order chi connectivity index (χ1) is 7.77. The van der Waals surface area contributed by atoms with Crippen molar-refractivity contribution in [2.45, 2.75) is 20.3 Å². The van der Waals surface area contributed by atoms with Gasteiger partial charge in [0.25, 0.3) is 0 Å². The van der Waals surface area contributed by atoms with Crippen molar-refractivity contribution in [2.75, 3.05) is 11.4 Å². The number of nitrogens with one attached hydrogen (secondary N) is 1. The predicted octanol–water partition coefficient (Wildman–Crippen LogP) is 2.16. The SMILES string of the molecule is CC.O=C1CCN(c2ccccc2)C(=O)N1. The van der Waals surface area contributed by atoms with Gasteiger partial charge in [0.2, 0.25) is 5.91 Å². The van der Waals surface area contributed by atoms with Crippen LogP contribution in [-0.4, -0.2) is 18.5 Å². The molecule has 1 aliphatic rings. The monoisotopic (exact) mass is 220 g/mol. The molecule has 1 aliphatic heterocycles. The van der Waals surface area contributed by atoms with Crippen molar-refractivity contribution in [1.29, 1.82) is 0 Å². The van der Waals surface area contributed by atoms with Crippen LogP contribution in [0, 0.1) is 0 Å². The zero-order valence-electron chi connectivity index (χ0n) is 9.56. The fourth-order valence-electron chi connectivity index (χ4n) is 1.42. The van der Waals surface area contributed by atoms with Gasteiger partial charge in [0, 0.05) is 18.7 Å². The van der Waals surface area contributed by atoms with Crippen LogP contribution in [0.4, 0.5) is 10.5 Å². The summed E-state index contributed by atoms with van der Waals surface area (Å²) in [5, 5.41) is 2.28. The van der Waals surface area contributed by atoms with Gasteiger partial charge in [-0.2, -0.15) is 0 Å². The van der Waals surface area contributed by atoms with Crippen molar-refractivity contribution in [3.8, 4) is 0 Å². The number of carbonyl (C=O) groups is 2. The molecule has 1 aromatic rings. The van der Waals surface area contributed by atoms with E-state index in [2.05, 4.69) is 5.32 Å². The summed E-state index contributed by atoms with van der Waals surface area (Å²) in [6.07, 6.45) is 0.362. The topological polar surface area (TPSA) is 49.4 Å². The molecule has 86 valence electrons. The van der Waals surface area contributed by atoms with Gasteiger partial charge >= 0.3 is 6.03 Å². The van der Waals surface area contributed by atoms with Crippen molar-refractivity contribution < 1.29 is 9.59 Å². The average Bonchev–Trinajstić information content (AvgIpc) is 2.33. The van der Waals surface area contributed by atoms with E-state index in [4.69, 9.17) is 0 Å². The van der Waals surface area contributed by atoms with Gasteiger partial charge in [-0.05, 0) is 12.1 Å². The van der Waals surface area contributed by atoms with Gasteiger partial charge in [-0.3, -0.25) is 15.0 Å². The average molecular weight is 220 g/mol. The van der Waals surface area contributed by atoms with Crippen LogP contribution in [0.25, 0.3) is 0 Å². The summed E-state index contributed by atoms with van der Waals surface area (Å²) in [6, 6.07) is 8.95.